The van der Waals surface area contributed by atoms with Gasteiger partial charge in [-0.2, -0.15) is 20.7 Å². The molecule has 7 nitrogen and oxygen atoms in total. The van der Waals surface area contributed by atoms with Gasteiger partial charge in [-0.1, -0.05) is 23.9 Å². The molecule has 36 heavy (non-hydrogen) atoms. The second-order valence-electron chi connectivity index (χ2n) is 9.68. The molecule has 1 aliphatic carbocycles. The van der Waals surface area contributed by atoms with Gasteiger partial charge in [0, 0.05) is 38.9 Å². The first-order valence-corrected chi connectivity index (χ1v) is 13.0. The van der Waals surface area contributed by atoms with E-state index in [0.29, 0.717) is 23.2 Å². The van der Waals surface area contributed by atoms with Crippen molar-refractivity contribution in [1.29, 1.82) is 10.5 Å². The van der Waals surface area contributed by atoms with Crippen molar-refractivity contribution in [1.82, 2.24) is 24.3 Å². The van der Waals surface area contributed by atoms with E-state index in [1.54, 1.807) is 10.7 Å². The van der Waals surface area contributed by atoms with Crippen LogP contribution in [-0.2, 0) is 0 Å². The minimum absolute atomic E-state index is 0.406. The molecule has 4 aromatic rings. The van der Waals surface area contributed by atoms with Gasteiger partial charge in [-0.15, -0.1) is 0 Å². The summed E-state index contributed by atoms with van der Waals surface area (Å²) >= 11 is 1.49. The molecule has 0 saturated heterocycles. The van der Waals surface area contributed by atoms with Crippen molar-refractivity contribution in [2.24, 2.45) is 0 Å². The lowest BCUT2D eigenvalue weighted by Gasteiger charge is -2.33. The molecule has 0 atom stereocenters. The second kappa shape index (κ2) is 9.81. The Morgan fingerprint density at radius 3 is 2.42 bits per heavy atom. The Morgan fingerprint density at radius 2 is 1.72 bits per heavy atom. The second-order valence-corrected chi connectivity index (χ2v) is 10.8. The van der Waals surface area contributed by atoms with Gasteiger partial charge in [0.05, 0.1) is 34.6 Å². The molecule has 8 heteroatoms. The van der Waals surface area contributed by atoms with Crippen LogP contribution in [0, 0.1) is 36.5 Å². The van der Waals surface area contributed by atoms with Crippen molar-refractivity contribution < 1.29 is 0 Å². The van der Waals surface area contributed by atoms with Crippen LogP contribution in [0.2, 0.25) is 0 Å². The highest BCUT2D eigenvalue weighted by atomic mass is 32.2. The van der Waals surface area contributed by atoms with Gasteiger partial charge in [0.2, 0.25) is 0 Å². The Balaban J connectivity index is 1.58. The molecule has 3 aromatic heterocycles. The third-order valence-electron chi connectivity index (χ3n) is 7.28. The van der Waals surface area contributed by atoms with E-state index in [2.05, 4.69) is 60.8 Å². The third kappa shape index (κ3) is 4.28. The van der Waals surface area contributed by atoms with Gasteiger partial charge in [-0.3, -0.25) is 4.68 Å². The zero-order chi connectivity index (χ0) is 25.4. The van der Waals surface area contributed by atoms with Gasteiger partial charge in [-0.25, -0.2) is 4.52 Å². The summed E-state index contributed by atoms with van der Waals surface area (Å²) < 4.78 is 4.01. The van der Waals surface area contributed by atoms with Crippen LogP contribution in [0.15, 0.2) is 52.5 Å². The molecule has 182 valence electrons. The van der Waals surface area contributed by atoms with Crippen LogP contribution in [-0.4, -0.2) is 44.4 Å². The Hall–Kier alpha value is -3.59. The summed E-state index contributed by atoms with van der Waals surface area (Å²) in [5.74, 6) is 0. The van der Waals surface area contributed by atoms with Crippen LogP contribution in [0.1, 0.15) is 54.2 Å². The van der Waals surface area contributed by atoms with Crippen LogP contribution in [0.4, 0.5) is 0 Å². The molecule has 0 amide bonds. The molecular formula is C28H29N7S. The highest BCUT2D eigenvalue weighted by molar-refractivity contribution is 7.99. The minimum atomic E-state index is 0.406. The molecule has 0 unspecified atom stereocenters. The first kappa shape index (κ1) is 24.1. The van der Waals surface area contributed by atoms with E-state index < -0.39 is 0 Å². The monoisotopic (exact) mass is 495 g/mol. The molecule has 0 aliphatic heterocycles. The molecule has 1 fully saturated rings. The van der Waals surface area contributed by atoms with E-state index in [4.69, 9.17) is 5.10 Å². The van der Waals surface area contributed by atoms with E-state index in [-0.39, 0.29) is 0 Å². The van der Waals surface area contributed by atoms with Crippen molar-refractivity contribution >= 4 is 17.3 Å². The Morgan fingerprint density at radius 1 is 1.00 bits per heavy atom. The maximum absolute atomic E-state index is 9.71. The smallest absolute Gasteiger partial charge is 0.103 e. The van der Waals surface area contributed by atoms with Crippen molar-refractivity contribution in [3.05, 3.63) is 65.2 Å². The number of rotatable bonds is 5. The fourth-order valence-corrected chi connectivity index (χ4v) is 6.50. The predicted molar refractivity (Wildman–Crippen MR) is 141 cm³/mol. The standard InChI is InChI=1S/C28H29N7S/c1-18-27(19(2)35(32-18)24-11-9-23(10-12-24)33(3)4)21-13-26(28-22(15-30)16-31-34(28)17-21)36-25-8-6-5-7-20(25)14-29/h5-8,13,16-17,23-24H,9-12H2,1-4H3. The van der Waals surface area contributed by atoms with E-state index in [1.807, 2.05) is 30.5 Å². The van der Waals surface area contributed by atoms with Crippen molar-refractivity contribution in [3.63, 3.8) is 0 Å². The number of aromatic nitrogens is 4. The zero-order valence-corrected chi connectivity index (χ0v) is 21.9. The number of benzene rings is 1. The van der Waals surface area contributed by atoms with Gasteiger partial charge in [-0.05, 0) is 71.8 Å². The average molecular weight is 496 g/mol. The van der Waals surface area contributed by atoms with E-state index in [1.165, 1.54) is 24.6 Å². The molecule has 0 bridgehead atoms. The van der Waals surface area contributed by atoms with Gasteiger partial charge in [0.1, 0.15) is 12.1 Å². The van der Waals surface area contributed by atoms with Crippen LogP contribution >= 0.6 is 11.8 Å². The summed E-state index contributed by atoms with van der Waals surface area (Å²) in [5, 5.41) is 28.8. The number of hydrogen-bond donors (Lipinski definition) is 0. The number of nitriles is 2. The molecule has 1 aromatic carbocycles. The lowest BCUT2D eigenvalue weighted by Crippen LogP contribution is -2.33. The highest BCUT2D eigenvalue weighted by Crippen LogP contribution is 2.39. The molecule has 3 heterocycles. The number of nitrogens with zero attached hydrogens (tertiary/aromatic N) is 7. The molecule has 0 N–H and O–H groups in total. The summed E-state index contributed by atoms with van der Waals surface area (Å²) in [6.45, 7) is 4.22. The molecule has 1 saturated carbocycles. The SMILES string of the molecule is Cc1nn(C2CCC(N(C)C)CC2)c(C)c1-c1cc(Sc2ccccc2C#N)c2c(C#N)cnn2c1. The van der Waals surface area contributed by atoms with E-state index in [0.717, 1.165) is 50.7 Å². The molecule has 1 aliphatic rings. The van der Waals surface area contributed by atoms with Crippen molar-refractivity contribution in [2.75, 3.05) is 14.1 Å². The molecule has 0 radical (unpaired) electrons. The normalized spacial score (nSPS) is 17.9. The van der Waals surface area contributed by atoms with E-state index >= 15 is 0 Å². The summed E-state index contributed by atoms with van der Waals surface area (Å²) in [7, 11) is 4.33. The third-order valence-corrected chi connectivity index (χ3v) is 8.39. The Labute approximate surface area is 216 Å². The van der Waals surface area contributed by atoms with Gasteiger partial charge < -0.3 is 4.90 Å². The summed E-state index contributed by atoms with van der Waals surface area (Å²) in [5.41, 5.74) is 6.14. The number of hydrogen-bond acceptors (Lipinski definition) is 6. The molecule has 0 spiro atoms. The fraction of sp³-hybridized carbons (Fsp3) is 0.357. The Kier molecular flexibility index (Phi) is 6.57. The van der Waals surface area contributed by atoms with Gasteiger partial charge in [0.15, 0.2) is 0 Å². The average Bonchev–Trinajstić information content (AvgIpc) is 3.44. The Bertz CT molecular complexity index is 1510. The highest BCUT2D eigenvalue weighted by Gasteiger charge is 2.27. The lowest BCUT2D eigenvalue weighted by molar-refractivity contribution is 0.188. The molecule has 5 rings (SSSR count). The maximum Gasteiger partial charge on any atom is 0.103 e. The summed E-state index contributed by atoms with van der Waals surface area (Å²) in [6.07, 6.45) is 8.20. The summed E-state index contributed by atoms with van der Waals surface area (Å²) in [6, 6.07) is 15.2. The van der Waals surface area contributed by atoms with Crippen LogP contribution < -0.4 is 0 Å². The van der Waals surface area contributed by atoms with Crippen LogP contribution in [0.3, 0.4) is 0 Å². The molecular weight excluding hydrogens is 466 g/mol. The van der Waals surface area contributed by atoms with Crippen molar-refractivity contribution in [3.8, 4) is 23.3 Å². The van der Waals surface area contributed by atoms with E-state index in [9.17, 15) is 10.5 Å². The fourth-order valence-electron chi connectivity index (χ4n) is 5.40. The van der Waals surface area contributed by atoms with Gasteiger partial charge in [0.25, 0.3) is 0 Å². The largest absolute Gasteiger partial charge is 0.306 e. The number of pyridine rings is 1. The quantitative estimate of drug-likeness (QED) is 0.350. The first-order chi connectivity index (χ1) is 17.4. The van der Waals surface area contributed by atoms with Crippen LogP contribution in [0.25, 0.3) is 16.6 Å². The lowest BCUT2D eigenvalue weighted by atomic mass is 9.90. The van der Waals surface area contributed by atoms with Gasteiger partial charge >= 0.3 is 0 Å². The number of aryl methyl sites for hydroxylation is 1. The maximum atomic E-state index is 9.71. The zero-order valence-electron chi connectivity index (χ0n) is 21.1. The summed E-state index contributed by atoms with van der Waals surface area (Å²) in [4.78, 5) is 4.08. The predicted octanol–water partition coefficient (Wildman–Crippen LogP) is 5.75. The van der Waals surface area contributed by atoms with Crippen molar-refractivity contribution in [2.45, 2.75) is 61.4 Å². The van der Waals surface area contributed by atoms with Crippen LogP contribution in [0.5, 0.6) is 0 Å². The first-order valence-electron chi connectivity index (χ1n) is 12.2. The number of fused-ring (bicyclic) bond motifs is 1. The topological polar surface area (TPSA) is 85.9 Å². The minimum Gasteiger partial charge on any atom is -0.306 e.